The van der Waals surface area contributed by atoms with Crippen LogP contribution in [0.5, 0.6) is 5.75 Å². The first-order chi connectivity index (χ1) is 19.7. The maximum atomic E-state index is 14.6. The van der Waals surface area contributed by atoms with Gasteiger partial charge in [-0.15, -0.1) is 0 Å². The Labute approximate surface area is 242 Å². The van der Waals surface area contributed by atoms with Gasteiger partial charge in [0.05, 0.1) is 25.5 Å². The van der Waals surface area contributed by atoms with Gasteiger partial charge in [0.2, 0.25) is 0 Å². The van der Waals surface area contributed by atoms with Crippen LogP contribution in [0.4, 0.5) is 10.2 Å². The summed E-state index contributed by atoms with van der Waals surface area (Å²) in [7, 11) is -4.43. The van der Waals surface area contributed by atoms with Crippen LogP contribution in [0.15, 0.2) is 48.8 Å². The van der Waals surface area contributed by atoms with E-state index >= 15 is 0 Å². The minimum atomic E-state index is -4.43. The van der Waals surface area contributed by atoms with Crippen LogP contribution in [-0.4, -0.2) is 75.0 Å². The number of nitrogens with two attached hydrogens (primary N) is 1. The SMILES string of the molecule is C[C@H](N[P@](=O)(OC[C@@]1(CF)OC[C@@](O)(c2ccc3c(N)ncnn23)[C@@H]1O)Oc1ccccc1)C(=O)OCCC(C)(C)C. The molecule has 15 heteroatoms. The number of carbonyl (C=O) groups is 1. The maximum absolute atomic E-state index is 14.6. The minimum absolute atomic E-state index is 0.0663. The summed E-state index contributed by atoms with van der Waals surface area (Å²) < 4.78 is 52.0. The first-order valence-corrected chi connectivity index (χ1v) is 14.9. The van der Waals surface area contributed by atoms with Gasteiger partial charge in [-0.05, 0) is 43.0 Å². The molecule has 0 saturated carbocycles. The molecule has 42 heavy (non-hydrogen) atoms. The first kappa shape index (κ1) is 31.8. The monoisotopic (exact) mass is 609 g/mol. The van der Waals surface area contributed by atoms with Gasteiger partial charge in [0.15, 0.2) is 11.4 Å². The van der Waals surface area contributed by atoms with Crippen LogP contribution < -0.4 is 15.3 Å². The smallest absolute Gasteiger partial charge is 0.459 e. The van der Waals surface area contributed by atoms with Crippen LogP contribution in [0.1, 0.15) is 39.8 Å². The van der Waals surface area contributed by atoms with E-state index in [1.165, 1.54) is 42.0 Å². The van der Waals surface area contributed by atoms with Crippen LogP contribution in [0.2, 0.25) is 0 Å². The highest BCUT2D eigenvalue weighted by atomic mass is 31.2. The Morgan fingerprint density at radius 3 is 2.69 bits per heavy atom. The predicted molar refractivity (Wildman–Crippen MR) is 150 cm³/mol. The van der Waals surface area contributed by atoms with E-state index in [1.807, 2.05) is 20.8 Å². The number of carbonyl (C=O) groups excluding carboxylic acids is 1. The average Bonchev–Trinajstić information content (AvgIpc) is 3.49. The third-order valence-electron chi connectivity index (χ3n) is 6.93. The number of rotatable bonds is 12. The van der Waals surface area contributed by atoms with Gasteiger partial charge in [-0.25, -0.2) is 18.5 Å². The average molecular weight is 610 g/mol. The molecule has 3 aromatic rings. The number of hydrogen-bond donors (Lipinski definition) is 4. The summed E-state index contributed by atoms with van der Waals surface area (Å²) in [6.45, 7) is 4.87. The van der Waals surface area contributed by atoms with Gasteiger partial charge in [-0.3, -0.25) is 9.32 Å². The molecule has 1 fully saturated rings. The van der Waals surface area contributed by atoms with Gasteiger partial charge < -0.3 is 29.9 Å². The number of nitrogens with one attached hydrogen (secondary N) is 1. The lowest BCUT2D eigenvalue weighted by Gasteiger charge is -2.33. The number of aliphatic hydroxyl groups excluding tert-OH is 1. The van der Waals surface area contributed by atoms with E-state index in [2.05, 4.69) is 15.2 Å². The number of nitrogens with zero attached hydrogens (tertiary/aromatic N) is 3. The molecule has 5 N–H and O–H groups in total. The Balaban J connectivity index is 1.54. The van der Waals surface area contributed by atoms with Crippen molar-refractivity contribution in [1.82, 2.24) is 19.7 Å². The topological polar surface area (TPSA) is 180 Å². The second kappa shape index (κ2) is 12.2. The van der Waals surface area contributed by atoms with E-state index < -0.39 is 57.0 Å². The van der Waals surface area contributed by atoms with Crippen molar-refractivity contribution >= 4 is 25.1 Å². The molecule has 0 amide bonds. The van der Waals surface area contributed by atoms with Crippen LogP contribution in [0, 0.1) is 5.41 Å². The number of para-hydroxylation sites is 1. The molecule has 0 bridgehead atoms. The standard InChI is InChI=1S/C27H37FN5O8P/c1-18(23(34)38-13-12-25(2,3)4)32-42(37,41-19-8-6-5-7-9-19)40-15-26(14-28)24(35)27(36,16-39-26)21-11-10-20-22(29)30-17-31-33(20)21/h5-11,17-18,24,35-36H,12-16H2,1-4H3,(H,32,37)(H2,29,30,31)/t18-,24+,26+,27+,42-/m0/s1. The molecule has 230 valence electrons. The number of aromatic nitrogens is 3. The highest BCUT2D eigenvalue weighted by Gasteiger charge is 2.60. The second-order valence-electron chi connectivity index (χ2n) is 11.5. The summed E-state index contributed by atoms with van der Waals surface area (Å²) in [5.74, 6) is -0.436. The molecule has 0 spiro atoms. The molecule has 0 radical (unpaired) electrons. The Morgan fingerprint density at radius 1 is 1.31 bits per heavy atom. The zero-order chi connectivity index (χ0) is 30.8. The summed E-state index contributed by atoms with van der Waals surface area (Å²) in [6, 6.07) is 9.86. The van der Waals surface area contributed by atoms with Crippen molar-refractivity contribution in [3.8, 4) is 5.75 Å². The van der Waals surface area contributed by atoms with Crippen molar-refractivity contribution in [2.45, 2.75) is 57.5 Å². The summed E-state index contributed by atoms with van der Waals surface area (Å²) >= 11 is 0. The van der Waals surface area contributed by atoms with Crippen molar-refractivity contribution in [3.63, 3.8) is 0 Å². The molecular formula is C27H37FN5O8P. The van der Waals surface area contributed by atoms with E-state index in [-0.39, 0.29) is 29.3 Å². The van der Waals surface area contributed by atoms with Gasteiger partial charge in [-0.1, -0.05) is 39.0 Å². The number of anilines is 1. The summed E-state index contributed by atoms with van der Waals surface area (Å²) in [4.78, 5) is 16.5. The van der Waals surface area contributed by atoms with Crippen molar-refractivity contribution in [3.05, 3.63) is 54.5 Å². The fourth-order valence-corrected chi connectivity index (χ4v) is 5.94. The van der Waals surface area contributed by atoms with E-state index in [0.717, 1.165) is 0 Å². The van der Waals surface area contributed by atoms with Gasteiger partial charge in [0, 0.05) is 0 Å². The number of ether oxygens (including phenoxy) is 2. The molecule has 0 aliphatic carbocycles. The lowest BCUT2D eigenvalue weighted by atomic mass is 9.86. The van der Waals surface area contributed by atoms with Gasteiger partial charge in [-0.2, -0.15) is 10.2 Å². The van der Waals surface area contributed by atoms with Crippen LogP contribution in [0.3, 0.4) is 0 Å². The number of nitrogen functional groups attached to an aromatic ring is 1. The summed E-state index contributed by atoms with van der Waals surface area (Å²) in [5.41, 5.74) is 1.93. The van der Waals surface area contributed by atoms with Crippen molar-refractivity contribution in [2.24, 2.45) is 5.41 Å². The third kappa shape index (κ3) is 6.74. The molecule has 13 nitrogen and oxygen atoms in total. The number of halogens is 1. The van der Waals surface area contributed by atoms with Crippen LogP contribution in [0.25, 0.3) is 5.52 Å². The molecule has 1 aliphatic rings. The Bertz CT molecular complexity index is 1440. The molecule has 5 atom stereocenters. The maximum Gasteiger partial charge on any atom is 0.459 e. The number of hydrogen-bond acceptors (Lipinski definition) is 11. The zero-order valence-electron chi connectivity index (χ0n) is 23.9. The molecule has 1 saturated heterocycles. The molecule has 0 unspecified atom stereocenters. The largest absolute Gasteiger partial charge is 0.465 e. The number of aliphatic hydroxyl groups is 2. The van der Waals surface area contributed by atoms with Gasteiger partial charge >= 0.3 is 13.7 Å². The quantitative estimate of drug-likeness (QED) is 0.175. The lowest BCUT2D eigenvalue weighted by molar-refractivity contribution is -0.146. The fourth-order valence-electron chi connectivity index (χ4n) is 4.39. The number of alkyl halides is 1. The minimum Gasteiger partial charge on any atom is -0.465 e. The third-order valence-corrected chi connectivity index (χ3v) is 8.55. The lowest BCUT2D eigenvalue weighted by Crippen LogP contribution is -2.53. The van der Waals surface area contributed by atoms with Gasteiger partial charge in [0.1, 0.15) is 42.0 Å². The predicted octanol–water partition coefficient (Wildman–Crippen LogP) is 2.76. The van der Waals surface area contributed by atoms with E-state index in [0.29, 0.717) is 11.9 Å². The first-order valence-electron chi connectivity index (χ1n) is 13.3. The molecule has 2 aromatic heterocycles. The Hall–Kier alpha value is -3.13. The molecule has 3 heterocycles. The molecule has 4 rings (SSSR count). The summed E-state index contributed by atoms with van der Waals surface area (Å²) in [6.07, 6.45) is -0.136. The highest BCUT2D eigenvalue weighted by Crippen LogP contribution is 2.48. The summed E-state index contributed by atoms with van der Waals surface area (Å²) in [5, 5.41) is 29.4. The van der Waals surface area contributed by atoms with Crippen molar-refractivity contribution in [2.75, 3.05) is 32.2 Å². The van der Waals surface area contributed by atoms with E-state index in [4.69, 9.17) is 24.3 Å². The normalized spacial score (nSPS) is 24.8. The number of fused-ring (bicyclic) bond motifs is 1. The number of esters is 1. The zero-order valence-corrected chi connectivity index (χ0v) is 24.8. The van der Waals surface area contributed by atoms with E-state index in [1.54, 1.807) is 18.2 Å². The van der Waals surface area contributed by atoms with Crippen LogP contribution >= 0.6 is 7.75 Å². The van der Waals surface area contributed by atoms with Crippen LogP contribution in [-0.2, 0) is 29.0 Å². The van der Waals surface area contributed by atoms with Crippen molar-refractivity contribution < 1.29 is 42.5 Å². The van der Waals surface area contributed by atoms with Crippen molar-refractivity contribution in [1.29, 1.82) is 0 Å². The molecular weight excluding hydrogens is 572 g/mol. The molecule has 1 aromatic carbocycles. The van der Waals surface area contributed by atoms with Gasteiger partial charge in [0.25, 0.3) is 0 Å². The fraction of sp³-hybridized carbons (Fsp3) is 0.519. The Kier molecular flexibility index (Phi) is 9.26. The second-order valence-corrected chi connectivity index (χ2v) is 13.2. The molecule has 1 aliphatic heterocycles. The van der Waals surface area contributed by atoms with E-state index in [9.17, 15) is 24.0 Å². The number of benzene rings is 1. The highest BCUT2D eigenvalue weighted by molar-refractivity contribution is 7.52. The Morgan fingerprint density at radius 2 is 2.02 bits per heavy atom.